The zero-order chi connectivity index (χ0) is 14.9. The molecule has 0 radical (unpaired) electrons. The predicted molar refractivity (Wildman–Crippen MR) is 67.8 cm³/mol. The highest BCUT2D eigenvalue weighted by Crippen LogP contribution is 2.28. The highest BCUT2D eigenvalue weighted by Gasteiger charge is 2.16. The lowest BCUT2D eigenvalue weighted by Gasteiger charge is -2.08. The number of benzene rings is 2. The molecular weight excluding hydrogens is 269 g/mol. The number of carbonyl (C=O) groups is 1. The number of carboxylic acids is 1. The maximum absolute atomic E-state index is 13.9. The molecule has 0 fully saturated rings. The summed E-state index contributed by atoms with van der Waals surface area (Å²) in [5, 5.41) is 8.59. The third-order valence-electron chi connectivity index (χ3n) is 2.89. The summed E-state index contributed by atoms with van der Waals surface area (Å²) in [6, 6.07) is 5.78. The molecule has 0 heterocycles. The van der Waals surface area contributed by atoms with Crippen molar-refractivity contribution in [3.05, 3.63) is 58.9 Å². The molecule has 1 N–H and O–H groups in total. The van der Waals surface area contributed by atoms with Gasteiger partial charge in [0.05, 0.1) is 6.42 Å². The van der Waals surface area contributed by atoms with Gasteiger partial charge in [0.1, 0.15) is 17.5 Å². The molecule has 0 atom stereocenters. The van der Waals surface area contributed by atoms with Crippen LogP contribution in [0.5, 0.6) is 0 Å². The molecule has 0 bridgehead atoms. The van der Waals surface area contributed by atoms with Crippen molar-refractivity contribution in [1.29, 1.82) is 0 Å². The molecule has 0 aromatic heterocycles. The van der Waals surface area contributed by atoms with Gasteiger partial charge in [0.2, 0.25) is 0 Å². The van der Waals surface area contributed by atoms with Gasteiger partial charge in [-0.1, -0.05) is 12.1 Å². The van der Waals surface area contributed by atoms with Crippen LogP contribution in [0.25, 0.3) is 11.1 Å². The molecule has 0 aliphatic heterocycles. The number of carboxylic acid groups (broad SMARTS) is 1. The lowest BCUT2D eigenvalue weighted by Crippen LogP contribution is -2.04. The molecule has 2 nitrogen and oxygen atoms in total. The molecule has 20 heavy (non-hydrogen) atoms. The lowest BCUT2D eigenvalue weighted by molar-refractivity contribution is -0.136. The van der Waals surface area contributed by atoms with Crippen LogP contribution in [0.15, 0.2) is 30.3 Å². The zero-order valence-corrected chi connectivity index (χ0v) is 10.6. The average Bonchev–Trinajstić information content (AvgIpc) is 2.33. The molecule has 0 amide bonds. The third-order valence-corrected chi connectivity index (χ3v) is 2.89. The van der Waals surface area contributed by atoms with Crippen LogP contribution in [-0.2, 0) is 11.2 Å². The molecule has 2 rings (SSSR count). The Morgan fingerprint density at radius 1 is 1.00 bits per heavy atom. The second-order valence-corrected chi connectivity index (χ2v) is 4.48. The van der Waals surface area contributed by atoms with Gasteiger partial charge in [-0.3, -0.25) is 4.79 Å². The van der Waals surface area contributed by atoms with Gasteiger partial charge < -0.3 is 5.11 Å². The van der Waals surface area contributed by atoms with Crippen molar-refractivity contribution in [2.24, 2.45) is 0 Å². The SMILES string of the molecule is Cc1ccc(-c2cc(F)c(CC(=O)O)cc2F)c(F)c1. The molecule has 5 heteroatoms. The van der Waals surface area contributed by atoms with Gasteiger partial charge >= 0.3 is 5.97 Å². The third kappa shape index (κ3) is 2.82. The zero-order valence-electron chi connectivity index (χ0n) is 10.6. The topological polar surface area (TPSA) is 37.3 Å². The monoisotopic (exact) mass is 280 g/mol. The summed E-state index contributed by atoms with van der Waals surface area (Å²) in [6.45, 7) is 1.68. The summed E-state index contributed by atoms with van der Waals surface area (Å²) in [7, 11) is 0. The van der Waals surface area contributed by atoms with E-state index >= 15 is 0 Å². The normalized spacial score (nSPS) is 10.6. The first-order valence-corrected chi connectivity index (χ1v) is 5.84. The first-order chi connectivity index (χ1) is 9.38. The van der Waals surface area contributed by atoms with Crippen molar-refractivity contribution >= 4 is 5.97 Å². The van der Waals surface area contributed by atoms with E-state index in [9.17, 15) is 18.0 Å². The summed E-state index contributed by atoms with van der Waals surface area (Å²) in [5.74, 6) is -3.65. The molecule has 0 aliphatic carbocycles. The van der Waals surface area contributed by atoms with Crippen LogP contribution in [0.1, 0.15) is 11.1 Å². The van der Waals surface area contributed by atoms with Crippen molar-refractivity contribution in [2.75, 3.05) is 0 Å². The number of aliphatic carboxylic acids is 1. The van der Waals surface area contributed by atoms with Gasteiger partial charge in [-0.25, -0.2) is 13.2 Å². The quantitative estimate of drug-likeness (QED) is 0.930. The van der Waals surface area contributed by atoms with Crippen LogP contribution in [-0.4, -0.2) is 11.1 Å². The van der Waals surface area contributed by atoms with E-state index < -0.39 is 29.8 Å². The number of rotatable bonds is 3. The second-order valence-electron chi connectivity index (χ2n) is 4.48. The molecule has 0 aliphatic rings. The smallest absolute Gasteiger partial charge is 0.307 e. The van der Waals surface area contributed by atoms with E-state index in [4.69, 9.17) is 5.11 Å². The Morgan fingerprint density at radius 2 is 1.65 bits per heavy atom. The van der Waals surface area contributed by atoms with E-state index in [0.717, 1.165) is 12.1 Å². The maximum Gasteiger partial charge on any atom is 0.307 e. The Morgan fingerprint density at radius 3 is 2.25 bits per heavy atom. The first kappa shape index (κ1) is 14.1. The van der Waals surface area contributed by atoms with Crippen molar-refractivity contribution in [3.8, 4) is 11.1 Å². The fourth-order valence-corrected chi connectivity index (χ4v) is 1.93. The summed E-state index contributed by atoms with van der Waals surface area (Å²) < 4.78 is 41.4. The second kappa shape index (κ2) is 5.36. The minimum Gasteiger partial charge on any atom is -0.481 e. The van der Waals surface area contributed by atoms with Crippen LogP contribution in [0, 0.1) is 24.4 Å². The fourth-order valence-electron chi connectivity index (χ4n) is 1.93. The summed E-state index contributed by atoms with van der Waals surface area (Å²) in [6.07, 6.45) is -0.626. The fraction of sp³-hybridized carbons (Fsp3) is 0.133. The molecule has 2 aromatic rings. The Bertz CT molecular complexity index is 681. The Kier molecular flexibility index (Phi) is 3.79. The Labute approximate surface area is 113 Å². The predicted octanol–water partition coefficient (Wildman–Crippen LogP) is 3.71. The molecule has 0 saturated heterocycles. The van der Waals surface area contributed by atoms with Crippen LogP contribution >= 0.6 is 0 Å². The Hall–Kier alpha value is -2.30. The van der Waals surface area contributed by atoms with E-state index in [-0.39, 0.29) is 16.7 Å². The number of hydrogen-bond acceptors (Lipinski definition) is 1. The van der Waals surface area contributed by atoms with Crippen molar-refractivity contribution in [3.63, 3.8) is 0 Å². The minimum absolute atomic E-state index is 0.0612. The first-order valence-electron chi connectivity index (χ1n) is 5.84. The van der Waals surface area contributed by atoms with Gasteiger partial charge in [0.15, 0.2) is 0 Å². The molecule has 104 valence electrons. The molecule has 0 saturated carbocycles. The largest absolute Gasteiger partial charge is 0.481 e. The van der Waals surface area contributed by atoms with Gasteiger partial charge in [-0.15, -0.1) is 0 Å². The van der Waals surface area contributed by atoms with E-state index in [0.29, 0.717) is 5.56 Å². The molecule has 0 unspecified atom stereocenters. The van der Waals surface area contributed by atoms with Gasteiger partial charge in [0.25, 0.3) is 0 Å². The highest BCUT2D eigenvalue weighted by molar-refractivity contribution is 5.72. The minimum atomic E-state index is -1.27. The van der Waals surface area contributed by atoms with Gasteiger partial charge in [-0.2, -0.15) is 0 Å². The van der Waals surface area contributed by atoms with E-state index in [2.05, 4.69) is 0 Å². The van der Waals surface area contributed by atoms with Crippen LogP contribution in [0.3, 0.4) is 0 Å². The van der Waals surface area contributed by atoms with Crippen LogP contribution in [0.4, 0.5) is 13.2 Å². The standard InChI is InChI=1S/C15H11F3O2/c1-8-2-3-10(13(17)4-8)11-7-12(16)9(5-14(11)18)6-15(19)20/h2-5,7H,6H2,1H3,(H,19,20). The van der Waals surface area contributed by atoms with Crippen molar-refractivity contribution < 1.29 is 23.1 Å². The number of aryl methyl sites for hydroxylation is 1. The van der Waals surface area contributed by atoms with E-state index in [1.165, 1.54) is 12.1 Å². The van der Waals surface area contributed by atoms with Crippen LogP contribution < -0.4 is 0 Å². The highest BCUT2D eigenvalue weighted by atomic mass is 19.1. The maximum atomic E-state index is 13.9. The average molecular weight is 280 g/mol. The molecular formula is C15H11F3O2. The van der Waals surface area contributed by atoms with Crippen LogP contribution in [0.2, 0.25) is 0 Å². The molecule has 0 spiro atoms. The van der Waals surface area contributed by atoms with E-state index in [1.54, 1.807) is 13.0 Å². The van der Waals surface area contributed by atoms with Crippen molar-refractivity contribution in [2.45, 2.75) is 13.3 Å². The van der Waals surface area contributed by atoms with Gasteiger partial charge in [-0.05, 0) is 30.7 Å². The summed E-state index contributed by atoms with van der Waals surface area (Å²) >= 11 is 0. The summed E-state index contributed by atoms with van der Waals surface area (Å²) in [4.78, 5) is 10.5. The molecule has 2 aromatic carbocycles. The number of hydrogen-bond donors (Lipinski definition) is 1. The lowest BCUT2D eigenvalue weighted by atomic mass is 10.00. The summed E-state index contributed by atoms with van der Waals surface area (Å²) in [5.41, 5.74) is 0.101. The number of halogens is 3. The van der Waals surface area contributed by atoms with Gasteiger partial charge in [0, 0.05) is 16.7 Å². The Balaban J connectivity index is 2.53. The van der Waals surface area contributed by atoms with Crippen molar-refractivity contribution in [1.82, 2.24) is 0 Å². The van der Waals surface area contributed by atoms with E-state index in [1.807, 2.05) is 0 Å².